The van der Waals surface area contributed by atoms with E-state index in [9.17, 15) is 19.0 Å². The maximum atomic E-state index is 11.7. The van der Waals surface area contributed by atoms with Crippen LogP contribution >= 0.6 is 7.82 Å². The van der Waals surface area contributed by atoms with E-state index in [2.05, 4.69) is 58.5 Å². The first-order valence-electron chi connectivity index (χ1n) is 12.6. The monoisotopic (exact) mass is 529 g/mol. The summed E-state index contributed by atoms with van der Waals surface area (Å²) in [6.07, 6.45) is 26.9. The van der Waals surface area contributed by atoms with Crippen molar-refractivity contribution in [1.82, 2.24) is 0 Å². The van der Waals surface area contributed by atoms with Crippen LogP contribution in [0.5, 0.6) is 0 Å². The number of ether oxygens (including phenoxy) is 1. The van der Waals surface area contributed by atoms with Crippen LogP contribution < -0.4 is 5.73 Å². The van der Waals surface area contributed by atoms with Crippen LogP contribution in [0.4, 0.5) is 0 Å². The van der Waals surface area contributed by atoms with Crippen molar-refractivity contribution in [2.24, 2.45) is 5.73 Å². The van der Waals surface area contributed by atoms with Crippen LogP contribution in [0.3, 0.4) is 0 Å². The quantitative estimate of drug-likeness (QED) is 0.0665. The Kier molecular flexibility index (Phi) is 22.1. The van der Waals surface area contributed by atoms with Gasteiger partial charge < -0.3 is 20.5 Å². The van der Waals surface area contributed by atoms with Crippen molar-refractivity contribution in [1.29, 1.82) is 0 Å². The van der Waals surface area contributed by atoms with Crippen LogP contribution in [0.25, 0.3) is 0 Å². The lowest BCUT2D eigenvalue weighted by molar-refractivity contribution is -0.144. The molecule has 0 saturated heterocycles. The van der Waals surface area contributed by atoms with E-state index >= 15 is 0 Å². The Morgan fingerprint density at radius 2 is 1.39 bits per heavy atom. The maximum Gasteiger partial charge on any atom is 0.472 e. The van der Waals surface area contributed by atoms with Gasteiger partial charge in [-0.3, -0.25) is 18.6 Å². The third-order valence-corrected chi connectivity index (χ3v) is 5.73. The maximum absolute atomic E-state index is 11.7. The average Bonchev–Trinajstić information content (AvgIpc) is 2.84. The second-order valence-electron chi connectivity index (χ2n) is 8.10. The van der Waals surface area contributed by atoms with Gasteiger partial charge >= 0.3 is 19.8 Å². The van der Waals surface area contributed by atoms with Crippen molar-refractivity contribution in [3.8, 4) is 0 Å². The van der Waals surface area contributed by atoms with Crippen LogP contribution in [0, 0.1) is 0 Å². The average molecular weight is 530 g/mol. The number of carbonyl (C=O) groups is 2. The highest BCUT2D eigenvalue weighted by Crippen LogP contribution is 2.43. The van der Waals surface area contributed by atoms with Gasteiger partial charge in [-0.25, -0.2) is 4.57 Å². The summed E-state index contributed by atoms with van der Waals surface area (Å²) in [5.41, 5.74) is 5.17. The fourth-order valence-corrected chi connectivity index (χ4v) is 3.49. The molecule has 0 aromatic carbocycles. The van der Waals surface area contributed by atoms with E-state index in [1.807, 2.05) is 6.08 Å². The number of aliphatic carboxylic acids is 1. The van der Waals surface area contributed by atoms with Crippen molar-refractivity contribution in [2.75, 3.05) is 19.8 Å². The lowest BCUT2D eigenvalue weighted by atomic mass is 10.2. The van der Waals surface area contributed by atoms with E-state index in [1.165, 1.54) is 25.7 Å². The van der Waals surface area contributed by atoms with E-state index in [-0.39, 0.29) is 32.0 Å². The van der Waals surface area contributed by atoms with Crippen molar-refractivity contribution in [3.05, 3.63) is 48.6 Å². The second kappa shape index (κ2) is 23.4. The lowest BCUT2D eigenvalue weighted by Gasteiger charge is -2.13. The summed E-state index contributed by atoms with van der Waals surface area (Å²) in [5.74, 6) is -1.70. The number of hydrogen-bond donors (Lipinski definition) is 3. The van der Waals surface area contributed by atoms with Gasteiger partial charge in [0, 0.05) is 12.8 Å². The van der Waals surface area contributed by atoms with Gasteiger partial charge in [-0.2, -0.15) is 0 Å². The molecule has 0 aliphatic heterocycles. The van der Waals surface area contributed by atoms with Gasteiger partial charge in [-0.05, 0) is 44.9 Å². The molecule has 0 spiro atoms. The van der Waals surface area contributed by atoms with Gasteiger partial charge in [0.15, 0.2) is 0 Å². The van der Waals surface area contributed by atoms with E-state index < -0.39 is 26.4 Å². The van der Waals surface area contributed by atoms with Crippen LogP contribution in [-0.4, -0.2) is 47.8 Å². The predicted molar refractivity (Wildman–Crippen MR) is 141 cm³/mol. The first-order valence-corrected chi connectivity index (χ1v) is 14.1. The number of esters is 1. The highest BCUT2D eigenvalue weighted by molar-refractivity contribution is 7.47. The molecule has 36 heavy (non-hydrogen) atoms. The Morgan fingerprint density at radius 3 is 1.94 bits per heavy atom. The Bertz CT molecular complexity index is 748. The molecule has 0 aromatic heterocycles. The van der Waals surface area contributed by atoms with Crippen LogP contribution in [0.2, 0.25) is 0 Å². The van der Waals surface area contributed by atoms with E-state index in [0.29, 0.717) is 6.42 Å². The van der Waals surface area contributed by atoms with Gasteiger partial charge in [0.25, 0.3) is 0 Å². The van der Waals surface area contributed by atoms with Crippen molar-refractivity contribution in [3.63, 3.8) is 0 Å². The largest absolute Gasteiger partial charge is 0.480 e. The summed E-state index contributed by atoms with van der Waals surface area (Å²) in [6.45, 7) is 1.41. The number of hydrogen-bond acceptors (Lipinski definition) is 7. The molecule has 0 rings (SSSR count). The fraction of sp³-hybridized carbons (Fsp3) is 0.615. The summed E-state index contributed by atoms with van der Waals surface area (Å²) in [6, 6.07) is -1.42. The predicted octanol–water partition coefficient (Wildman–Crippen LogP) is 5.61. The number of carbonyl (C=O) groups excluding carboxylic acids is 1. The number of phosphoric ester groups is 1. The molecule has 0 aliphatic carbocycles. The summed E-state index contributed by atoms with van der Waals surface area (Å²) in [4.78, 5) is 31.6. The number of rotatable bonds is 23. The molecule has 2 atom stereocenters. The second-order valence-corrected chi connectivity index (χ2v) is 9.55. The molecule has 0 aromatic rings. The first kappa shape index (κ1) is 34.0. The molecular formula is C26H44NO8P. The molecule has 0 amide bonds. The molecule has 0 aliphatic rings. The van der Waals surface area contributed by atoms with E-state index in [1.54, 1.807) is 0 Å². The fourth-order valence-electron chi connectivity index (χ4n) is 2.71. The molecule has 9 nitrogen and oxygen atoms in total. The van der Waals surface area contributed by atoms with Crippen molar-refractivity contribution >= 4 is 19.8 Å². The Balaban J connectivity index is 3.65. The minimum atomic E-state index is -4.40. The van der Waals surface area contributed by atoms with Crippen molar-refractivity contribution < 1.29 is 37.9 Å². The molecule has 0 fully saturated rings. The molecule has 0 bridgehead atoms. The van der Waals surface area contributed by atoms with E-state index in [0.717, 1.165) is 25.7 Å². The minimum Gasteiger partial charge on any atom is -0.480 e. The summed E-state index contributed by atoms with van der Waals surface area (Å²) >= 11 is 0. The zero-order valence-electron chi connectivity index (χ0n) is 21.5. The van der Waals surface area contributed by atoms with Crippen LogP contribution in [0.1, 0.15) is 77.6 Å². The summed E-state index contributed by atoms with van der Waals surface area (Å²) in [5, 5.41) is 8.59. The van der Waals surface area contributed by atoms with Gasteiger partial charge in [0.1, 0.15) is 6.04 Å². The Hall–Kier alpha value is -2.03. The third kappa shape index (κ3) is 23.7. The minimum absolute atomic E-state index is 0.0395. The normalized spacial score (nSPS) is 14.8. The molecule has 206 valence electrons. The van der Waals surface area contributed by atoms with E-state index in [4.69, 9.17) is 15.6 Å². The third-order valence-electron chi connectivity index (χ3n) is 4.75. The zero-order valence-corrected chi connectivity index (χ0v) is 22.4. The van der Waals surface area contributed by atoms with Gasteiger partial charge in [0.2, 0.25) is 0 Å². The number of allylic oxidation sites excluding steroid dienone is 8. The highest BCUT2D eigenvalue weighted by atomic mass is 31.2. The highest BCUT2D eigenvalue weighted by Gasteiger charge is 2.24. The summed E-state index contributed by atoms with van der Waals surface area (Å²) in [7, 11) is -4.40. The number of nitrogens with two attached hydrogens (primary N) is 1. The van der Waals surface area contributed by atoms with Crippen molar-refractivity contribution in [2.45, 2.75) is 83.6 Å². The van der Waals surface area contributed by atoms with Crippen LogP contribution in [0.15, 0.2) is 48.6 Å². The molecule has 10 heteroatoms. The van der Waals surface area contributed by atoms with Gasteiger partial charge in [0.05, 0.1) is 19.8 Å². The summed E-state index contributed by atoms with van der Waals surface area (Å²) < 4.78 is 25.8. The standard InChI is InChI=1S/C26H44NO8P/c1-2-3-4-5-6-7-8-9-10-11-12-13-14-15-16-17-18-20-25(28)33-21-19-22-34-36(31,32)35-23-24(27)26(29)30/h6-7,9-10,12-13,15-16,24H,2-5,8,11,14,17-23,27H2,1H3,(H,29,30)(H,31,32)/b7-6-,10-9-,13-12-,16-15-/t24-/m0/s1. The molecule has 0 heterocycles. The molecule has 0 radical (unpaired) electrons. The van der Waals surface area contributed by atoms with Crippen LogP contribution in [-0.2, 0) is 27.9 Å². The Labute approximate surface area is 215 Å². The van der Waals surface area contributed by atoms with Gasteiger partial charge in [-0.15, -0.1) is 0 Å². The topological polar surface area (TPSA) is 145 Å². The first-order chi connectivity index (χ1) is 17.3. The lowest BCUT2D eigenvalue weighted by Crippen LogP contribution is -2.34. The smallest absolute Gasteiger partial charge is 0.472 e. The molecule has 4 N–H and O–H groups in total. The number of carboxylic acids is 1. The molecule has 0 saturated carbocycles. The number of phosphoric acid groups is 1. The molecule has 1 unspecified atom stereocenters. The number of carboxylic acid groups (broad SMARTS) is 1. The van der Waals surface area contributed by atoms with Gasteiger partial charge in [-0.1, -0.05) is 68.4 Å². The Morgan fingerprint density at radius 1 is 0.833 bits per heavy atom. The zero-order chi connectivity index (χ0) is 26.9. The SMILES string of the molecule is CCCCC/C=C\C/C=C\C/C=C\C/C=C\CCCC(=O)OCCCOP(=O)(O)OC[C@H](N)C(=O)O. The molecular weight excluding hydrogens is 485 g/mol. The number of unbranched alkanes of at least 4 members (excludes halogenated alkanes) is 4.